The van der Waals surface area contributed by atoms with Crippen LogP contribution in [0.3, 0.4) is 0 Å². The van der Waals surface area contributed by atoms with Gasteiger partial charge in [0.05, 0.1) is 18.7 Å². The van der Waals surface area contributed by atoms with E-state index < -0.39 is 5.97 Å². The largest absolute Gasteiger partial charge is 0.481 e. The number of nitrogens with zero attached hydrogens (tertiary/aromatic N) is 3. The number of aliphatic carboxylic acids is 1. The van der Waals surface area contributed by atoms with E-state index in [1.165, 1.54) is 0 Å². The number of carboxylic acid groups (broad SMARTS) is 1. The number of rotatable bonds is 7. The van der Waals surface area contributed by atoms with Crippen molar-refractivity contribution < 1.29 is 9.90 Å². The lowest BCUT2D eigenvalue weighted by Gasteiger charge is -2.23. The predicted molar refractivity (Wildman–Crippen MR) is 82.4 cm³/mol. The number of carboxylic acids is 1. The molecule has 0 spiro atoms. The molecule has 0 radical (unpaired) electrons. The molecule has 0 aliphatic rings. The summed E-state index contributed by atoms with van der Waals surface area (Å²) in [5.41, 5.74) is 1.95. The first-order valence-electron chi connectivity index (χ1n) is 7.12. The third-order valence-electron chi connectivity index (χ3n) is 3.26. The highest BCUT2D eigenvalue weighted by atomic mass is 16.4. The van der Waals surface area contributed by atoms with Crippen molar-refractivity contribution in [2.24, 2.45) is 0 Å². The number of hydrogen-bond donors (Lipinski definition) is 1. The Balaban J connectivity index is 2.13. The van der Waals surface area contributed by atoms with Gasteiger partial charge in [-0.15, -0.1) is 0 Å². The van der Waals surface area contributed by atoms with Gasteiger partial charge in [0, 0.05) is 24.5 Å². The third kappa shape index (κ3) is 4.34. The second kappa shape index (κ2) is 6.92. The fourth-order valence-electron chi connectivity index (χ4n) is 2.11. The molecule has 0 saturated heterocycles. The van der Waals surface area contributed by atoms with Crippen LogP contribution in [0.15, 0.2) is 42.6 Å². The zero-order valence-electron chi connectivity index (χ0n) is 12.4. The fraction of sp³-hybridized carbons (Fsp3) is 0.375. The molecule has 0 amide bonds. The smallest absolute Gasteiger partial charge is 0.305 e. The summed E-state index contributed by atoms with van der Waals surface area (Å²) in [6.45, 7) is 5.23. The minimum absolute atomic E-state index is 0.111. The van der Waals surface area contributed by atoms with Gasteiger partial charge in [-0.2, -0.15) is 5.10 Å². The van der Waals surface area contributed by atoms with E-state index in [0.29, 0.717) is 19.1 Å². The molecule has 0 bridgehead atoms. The highest BCUT2D eigenvalue weighted by molar-refractivity contribution is 5.67. The first-order chi connectivity index (χ1) is 10.1. The molecule has 1 heterocycles. The molecule has 1 aromatic heterocycles. The molecule has 0 fully saturated rings. The van der Waals surface area contributed by atoms with Crippen molar-refractivity contribution in [3.63, 3.8) is 0 Å². The average Bonchev–Trinajstić information content (AvgIpc) is 2.93. The van der Waals surface area contributed by atoms with Crippen LogP contribution in [-0.4, -0.2) is 27.4 Å². The molecular weight excluding hydrogens is 266 g/mol. The van der Waals surface area contributed by atoms with Crippen molar-refractivity contribution in [1.29, 1.82) is 0 Å². The quantitative estimate of drug-likeness (QED) is 0.850. The Hall–Kier alpha value is -2.30. The van der Waals surface area contributed by atoms with Crippen molar-refractivity contribution in [3.8, 4) is 0 Å². The van der Waals surface area contributed by atoms with Crippen molar-refractivity contribution >= 4 is 11.7 Å². The second-order valence-electron chi connectivity index (χ2n) is 5.28. The molecule has 0 aliphatic carbocycles. The molecule has 112 valence electrons. The lowest BCUT2D eigenvalue weighted by atomic mass is 10.2. The number of carbonyl (C=O) groups is 1. The minimum atomic E-state index is -0.788. The highest BCUT2D eigenvalue weighted by Gasteiger charge is 2.11. The number of para-hydroxylation sites is 1. The maximum atomic E-state index is 10.8. The Bertz CT molecular complexity index is 578. The maximum absolute atomic E-state index is 10.8. The van der Waals surface area contributed by atoms with E-state index in [-0.39, 0.29) is 6.42 Å². The molecular formula is C16H21N3O2. The van der Waals surface area contributed by atoms with E-state index in [1.807, 2.05) is 52.2 Å². The van der Waals surface area contributed by atoms with Crippen molar-refractivity contribution in [3.05, 3.63) is 48.3 Å². The Labute approximate surface area is 124 Å². The second-order valence-corrected chi connectivity index (χ2v) is 5.28. The molecule has 5 heteroatoms. The molecule has 1 N–H and O–H groups in total. The number of aromatic nitrogens is 2. The predicted octanol–water partition coefficient (Wildman–Crippen LogP) is 2.95. The maximum Gasteiger partial charge on any atom is 0.305 e. The molecule has 2 rings (SSSR count). The van der Waals surface area contributed by atoms with Gasteiger partial charge in [0.2, 0.25) is 0 Å². The first-order valence-corrected chi connectivity index (χ1v) is 7.12. The summed E-state index contributed by atoms with van der Waals surface area (Å²) in [7, 11) is 0. The molecule has 2 aromatic rings. The monoisotopic (exact) mass is 287 g/mol. The van der Waals surface area contributed by atoms with Crippen molar-refractivity contribution in [2.75, 3.05) is 11.4 Å². The van der Waals surface area contributed by atoms with Gasteiger partial charge in [-0.25, -0.2) is 0 Å². The Morgan fingerprint density at radius 1 is 1.29 bits per heavy atom. The van der Waals surface area contributed by atoms with E-state index in [9.17, 15) is 4.79 Å². The highest BCUT2D eigenvalue weighted by Crippen LogP contribution is 2.17. The number of benzene rings is 1. The standard InChI is InChI=1S/C16H21N3O2/c1-13(2)19-11-8-14(17-19)12-18(10-9-16(20)21)15-6-4-3-5-7-15/h3-8,11,13H,9-10,12H2,1-2H3,(H,20,21). The zero-order valence-corrected chi connectivity index (χ0v) is 12.4. The lowest BCUT2D eigenvalue weighted by Crippen LogP contribution is -2.26. The van der Waals surface area contributed by atoms with Gasteiger partial charge in [-0.1, -0.05) is 18.2 Å². The van der Waals surface area contributed by atoms with Crippen LogP contribution in [0.1, 0.15) is 32.0 Å². The van der Waals surface area contributed by atoms with Crippen molar-refractivity contribution in [2.45, 2.75) is 32.9 Å². The molecule has 1 aromatic carbocycles. The lowest BCUT2D eigenvalue weighted by molar-refractivity contribution is -0.136. The average molecular weight is 287 g/mol. The van der Waals surface area contributed by atoms with Crippen LogP contribution in [0.5, 0.6) is 0 Å². The van der Waals surface area contributed by atoms with Crippen LogP contribution in [0, 0.1) is 0 Å². The number of hydrogen-bond acceptors (Lipinski definition) is 3. The normalized spacial score (nSPS) is 10.8. The van der Waals surface area contributed by atoms with Crippen molar-refractivity contribution in [1.82, 2.24) is 9.78 Å². The van der Waals surface area contributed by atoms with Gasteiger partial charge >= 0.3 is 5.97 Å². The van der Waals surface area contributed by atoms with E-state index in [1.54, 1.807) is 0 Å². The van der Waals surface area contributed by atoms with Crippen LogP contribution in [-0.2, 0) is 11.3 Å². The summed E-state index contributed by atoms with van der Waals surface area (Å²) in [5.74, 6) is -0.788. The number of anilines is 1. The summed E-state index contributed by atoms with van der Waals surface area (Å²) in [6.07, 6.45) is 2.07. The zero-order chi connectivity index (χ0) is 15.2. The van der Waals surface area contributed by atoms with E-state index in [4.69, 9.17) is 5.11 Å². The molecule has 0 atom stereocenters. The fourth-order valence-corrected chi connectivity index (χ4v) is 2.11. The Morgan fingerprint density at radius 2 is 2.00 bits per heavy atom. The summed E-state index contributed by atoms with van der Waals surface area (Å²) in [6, 6.07) is 12.1. The molecule has 5 nitrogen and oxygen atoms in total. The third-order valence-corrected chi connectivity index (χ3v) is 3.26. The van der Waals surface area contributed by atoms with E-state index >= 15 is 0 Å². The van der Waals surface area contributed by atoms with Gasteiger partial charge in [0.25, 0.3) is 0 Å². The molecule has 0 saturated carbocycles. The molecule has 0 unspecified atom stereocenters. The van der Waals surface area contributed by atoms with Crippen LogP contribution in [0.4, 0.5) is 5.69 Å². The summed E-state index contributed by atoms with van der Waals surface area (Å²) >= 11 is 0. The topological polar surface area (TPSA) is 58.4 Å². The van der Waals surface area contributed by atoms with Gasteiger partial charge in [-0.3, -0.25) is 9.48 Å². The molecule has 21 heavy (non-hydrogen) atoms. The Kier molecular flexibility index (Phi) is 4.98. The van der Waals surface area contributed by atoms with Crippen LogP contribution >= 0.6 is 0 Å². The van der Waals surface area contributed by atoms with Gasteiger partial charge in [-0.05, 0) is 32.0 Å². The minimum Gasteiger partial charge on any atom is -0.481 e. The summed E-state index contributed by atoms with van der Waals surface area (Å²) in [5, 5.41) is 13.4. The van der Waals surface area contributed by atoms with Crippen LogP contribution < -0.4 is 4.90 Å². The SMILES string of the molecule is CC(C)n1ccc(CN(CCC(=O)O)c2ccccc2)n1. The first kappa shape index (κ1) is 15.1. The summed E-state index contributed by atoms with van der Waals surface area (Å²) in [4.78, 5) is 12.9. The van der Waals surface area contributed by atoms with Crippen LogP contribution in [0.25, 0.3) is 0 Å². The van der Waals surface area contributed by atoms with E-state index in [2.05, 4.69) is 18.9 Å². The van der Waals surface area contributed by atoms with E-state index in [0.717, 1.165) is 11.4 Å². The molecule has 0 aliphatic heterocycles. The van der Waals surface area contributed by atoms with Crippen LogP contribution in [0.2, 0.25) is 0 Å². The van der Waals surface area contributed by atoms with Gasteiger partial charge < -0.3 is 10.0 Å². The Morgan fingerprint density at radius 3 is 2.57 bits per heavy atom. The summed E-state index contributed by atoms with van der Waals surface area (Å²) < 4.78 is 1.91. The van der Waals surface area contributed by atoms with Gasteiger partial charge in [0.15, 0.2) is 0 Å². The van der Waals surface area contributed by atoms with Gasteiger partial charge in [0.1, 0.15) is 0 Å².